The van der Waals surface area contributed by atoms with Crippen LogP contribution in [-0.2, 0) is 4.74 Å². The lowest BCUT2D eigenvalue weighted by Gasteiger charge is -2.26. The van der Waals surface area contributed by atoms with Gasteiger partial charge in [-0.3, -0.25) is 9.89 Å². The zero-order valence-electron chi connectivity index (χ0n) is 17.2. The van der Waals surface area contributed by atoms with Crippen LogP contribution in [0.3, 0.4) is 0 Å². The first kappa shape index (κ1) is 23.6. The van der Waals surface area contributed by atoms with Gasteiger partial charge in [0.2, 0.25) is 0 Å². The van der Waals surface area contributed by atoms with E-state index < -0.39 is 0 Å². The first-order valence-corrected chi connectivity index (χ1v) is 10.3. The number of morpholine rings is 1. The fourth-order valence-electron chi connectivity index (χ4n) is 3.19. The van der Waals surface area contributed by atoms with Crippen LogP contribution in [-0.4, -0.2) is 74.9 Å². The Kier molecular flexibility index (Phi) is 11.0. The molecule has 1 saturated heterocycles. The van der Waals surface area contributed by atoms with Crippen molar-refractivity contribution < 1.29 is 4.74 Å². The quantitative estimate of drug-likeness (QED) is 0.208. The summed E-state index contributed by atoms with van der Waals surface area (Å²) in [6, 6.07) is 12.3. The van der Waals surface area contributed by atoms with Gasteiger partial charge in [-0.25, -0.2) is 4.98 Å². The minimum Gasteiger partial charge on any atom is -0.379 e. The standard InChI is InChI=1S/C21H32N6O.HI/c1-2-22-21(24-10-5-13-27-14-16-28-17-15-27)25-12-11-23-20-9-8-18-6-3-4-7-19(18)26-20;/h3-4,6-9H,2,5,10-17H2,1H3,(H,23,26)(H2,22,24,25);1H. The van der Waals surface area contributed by atoms with E-state index in [1.165, 1.54) is 0 Å². The number of ether oxygens (including phenoxy) is 1. The molecule has 160 valence electrons. The lowest BCUT2D eigenvalue weighted by atomic mass is 10.2. The van der Waals surface area contributed by atoms with Crippen LogP contribution in [0.5, 0.6) is 0 Å². The third-order valence-electron chi connectivity index (χ3n) is 4.67. The van der Waals surface area contributed by atoms with Gasteiger partial charge in [0.1, 0.15) is 5.82 Å². The monoisotopic (exact) mass is 512 g/mol. The molecule has 1 aliphatic rings. The van der Waals surface area contributed by atoms with Crippen LogP contribution < -0.4 is 16.0 Å². The molecule has 2 aromatic rings. The van der Waals surface area contributed by atoms with Crippen LogP contribution in [0.1, 0.15) is 13.3 Å². The number of pyridine rings is 1. The molecule has 1 aromatic heterocycles. The molecular formula is C21H33IN6O. The summed E-state index contributed by atoms with van der Waals surface area (Å²) in [7, 11) is 0. The number of rotatable bonds is 9. The highest BCUT2D eigenvalue weighted by atomic mass is 127. The summed E-state index contributed by atoms with van der Waals surface area (Å²) in [5.41, 5.74) is 1.01. The summed E-state index contributed by atoms with van der Waals surface area (Å²) < 4.78 is 5.38. The highest BCUT2D eigenvalue weighted by molar-refractivity contribution is 14.0. The summed E-state index contributed by atoms with van der Waals surface area (Å²) in [6.45, 7) is 10.2. The van der Waals surface area contributed by atoms with Crippen LogP contribution in [0.2, 0.25) is 0 Å². The zero-order valence-corrected chi connectivity index (χ0v) is 19.5. The second-order valence-electron chi connectivity index (χ2n) is 6.81. The Morgan fingerprint density at radius 2 is 1.93 bits per heavy atom. The molecule has 0 radical (unpaired) electrons. The Morgan fingerprint density at radius 1 is 1.10 bits per heavy atom. The Bertz CT molecular complexity index is 751. The first-order chi connectivity index (χ1) is 13.8. The molecule has 7 nitrogen and oxygen atoms in total. The molecule has 0 bridgehead atoms. The Hall–Kier alpha value is -1.65. The summed E-state index contributed by atoms with van der Waals surface area (Å²) in [5, 5.41) is 11.2. The number of hydrogen-bond donors (Lipinski definition) is 3. The predicted molar refractivity (Wildman–Crippen MR) is 132 cm³/mol. The van der Waals surface area contributed by atoms with Gasteiger partial charge >= 0.3 is 0 Å². The number of nitrogens with zero attached hydrogens (tertiary/aromatic N) is 3. The molecule has 29 heavy (non-hydrogen) atoms. The third kappa shape index (κ3) is 8.31. The van der Waals surface area contributed by atoms with Gasteiger partial charge in [0.15, 0.2) is 5.96 Å². The minimum atomic E-state index is 0. The number of benzene rings is 1. The van der Waals surface area contributed by atoms with E-state index >= 15 is 0 Å². The lowest BCUT2D eigenvalue weighted by Crippen LogP contribution is -2.40. The van der Waals surface area contributed by atoms with Gasteiger partial charge in [-0.1, -0.05) is 18.2 Å². The van der Waals surface area contributed by atoms with Gasteiger partial charge in [0.25, 0.3) is 0 Å². The zero-order chi connectivity index (χ0) is 19.4. The van der Waals surface area contributed by atoms with Crippen molar-refractivity contribution in [3.8, 4) is 0 Å². The van der Waals surface area contributed by atoms with Crippen molar-refractivity contribution in [2.24, 2.45) is 4.99 Å². The molecule has 1 aromatic carbocycles. The van der Waals surface area contributed by atoms with Gasteiger partial charge in [-0.15, -0.1) is 24.0 Å². The fraction of sp³-hybridized carbons (Fsp3) is 0.524. The van der Waals surface area contributed by atoms with Gasteiger partial charge in [-0.2, -0.15) is 0 Å². The van der Waals surface area contributed by atoms with Gasteiger partial charge in [0, 0.05) is 51.2 Å². The summed E-state index contributed by atoms with van der Waals surface area (Å²) in [6.07, 6.45) is 1.07. The van der Waals surface area contributed by atoms with E-state index in [1.807, 2.05) is 24.3 Å². The number of fused-ring (bicyclic) bond motifs is 1. The van der Waals surface area contributed by atoms with E-state index in [1.54, 1.807) is 0 Å². The maximum absolute atomic E-state index is 5.38. The lowest BCUT2D eigenvalue weighted by molar-refractivity contribution is 0.0377. The normalized spacial score (nSPS) is 15.0. The molecule has 2 heterocycles. The predicted octanol–water partition coefficient (Wildman–Crippen LogP) is 2.54. The van der Waals surface area contributed by atoms with Crippen LogP contribution in [0.15, 0.2) is 41.4 Å². The summed E-state index contributed by atoms with van der Waals surface area (Å²) in [4.78, 5) is 11.8. The molecule has 1 aliphatic heterocycles. The number of hydrogen-bond acceptors (Lipinski definition) is 5. The Morgan fingerprint density at radius 3 is 2.76 bits per heavy atom. The van der Waals surface area contributed by atoms with Crippen LogP contribution >= 0.6 is 24.0 Å². The topological polar surface area (TPSA) is 73.8 Å². The average molecular weight is 512 g/mol. The van der Waals surface area contributed by atoms with Gasteiger partial charge in [0.05, 0.1) is 18.7 Å². The van der Waals surface area contributed by atoms with E-state index in [0.717, 1.165) is 88.1 Å². The molecule has 0 saturated carbocycles. The highest BCUT2D eigenvalue weighted by Gasteiger charge is 2.09. The average Bonchev–Trinajstić information content (AvgIpc) is 2.74. The number of aromatic nitrogens is 1. The van der Waals surface area contributed by atoms with Crippen LogP contribution in [0.25, 0.3) is 10.9 Å². The minimum absolute atomic E-state index is 0. The van der Waals surface area contributed by atoms with E-state index in [-0.39, 0.29) is 24.0 Å². The largest absolute Gasteiger partial charge is 0.379 e. The molecule has 1 fully saturated rings. The second-order valence-corrected chi connectivity index (χ2v) is 6.81. The van der Waals surface area contributed by atoms with Crippen molar-refractivity contribution in [3.05, 3.63) is 36.4 Å². The molecule has 0 atom stereocenters. The molecule has 3 N–H and O–H groups in total. The highest BCUT2D eigenvalue weighted by Crippen LogP contribution is 2.14. The number of guanidine groups is 1. The number of aliphatic imine (C=N–C) groups is 1. The summed E-state index contributed by atoms with van der Waals surface area (Å²) in [5.74, 6) is 1.77. The van der Waals surface area contributed by atoms with Crippen LogP contribution in [0.4, 0.5) is 5.82 Å². The number of anilines is 1. The van der Waals surface area contributed by atoms with Crippen LogP contribution in [0, 0.1) is 0 Å². The van der Waals surface area contributed by atoms with Gasteiger partial charge in [-0.05, 0) is 31.5 Å². The van der Waals surface area contributed by atoms with E-state index in [9.17, 15) is 0 Å². The van der Waals surface area contributed by atoms with E-state index in [0.29, 0.717) is 0 Å². The molecule has 8 heteroatoms. The van der Waals surface area contributed by atoms with Crippen molar-refractivity contribution in [1.29, 1.82) is 0 Å². The maximum Gasteiger partial charge on any atom is 0.191 e. The molecule has 0 aliphatic carbocycles. The first-order valence-electron chi connectivity index (χ1n) is 10.3. The van der Waals surface area contributed by atoms with Crippen molar-refractivity contribution in [2.75, 3.05) is 64.3 Å². The summed E-state index contributed by atoms with van der Waals surface area (Å²) >= 11 is 0. The molecule has 0 amide bonds. The number of nitrogens with one attached hydrogen (secondary N) is 3. The van der Waals surface area contributed by atoms with Crippen molar-refractivity contribution >= 4 is 46.7 Å². The van der Waals surface area contributed by atoms with Crippen molar-refractivity contribution in [1.82, 2.24) is 20.5 Å². The SMILES string of the molecule is CCNC(=NCCCN1CCOCC1)NCCNc1ccc2ccccc2n1.I. The molecule has 0 spiro atoms. The maximum atomic E-state index is 5.38. The number of para-hydroxylation sites is 1. The number of halogens is 1. The molecular weight excluding hydrogens is 479 g/mol. The van der Waals surface area contributed by atoms with E-state index in [2.05, 4.69) is 49.9 Å². The van der Waals surface area contributed by atoms with E-state index in [4.69, 9.17) is 4.74 Å². The van der Waals surface area contributed by atoms with Gasteiger partial charge < -0.3 is 20.7 Å². The molecule has 0 unspecified atom stereocenters. The Labute approximate surface area is 190 Å². The van der Waals surface area contributed by atoms with Crippen molar-refractivity contribution in [2.45, 2.75) is 13.3 Å². The Balaban J connectivity index is 0.00000300. The third-order valence-corrected chi connectivity index (χ3v) is 4.67. The smallest absolute Gasteiger partial charge is 0.191 e. The fourth-order valence-corrected chi connectivity index (χ4v) is 3.19. The second kappa shape index (κ2) is 13.6. The van der Waals surface area contributed by atoms with Crippen molar-refractivity contribution in [3.63, 3.8) is 0 Å². The molecule has 3 rings (SSSR count).